The first-order valence-corrected chi connectivity index (χ1v) is 10.9. The Kier molecular flexibility index (Phi) is 6.46. The number of nitrogens with zero attached hydrogens (tertiary/aromatic N) is 2. The maximum absolute atomic E-state index is 13.0. The molecule has 2 aromatic carbocycles. The minimum atomic E-state index is -0.305. The third-order valence-corrected chi connectivity index (χ3v) is 5.86. The highest BCUT2D eigenvalue weighted by molar-refractivity contribution is 6.00. The van der Waals surface area contributed by atoms with Gasteiger partial charge in [-0.15, -0.1) is 0 Å². The number of rotatable bonds is 8. The van der Waals surface area contributed by atoms with Gasteiger partial charge in [0.25, 0.3) is 5.91 Å². The fourth-order valence-electron chi connectivity index (χ4n) is 4.09. The van der Waals surface area contributed by atoms with Gasteiger partial charge < -0.3 is 10.2 Å². The van der Waals surface area contributed by atoms with Crippen LogP contribution in [0.2, 0.25) is 0 Å². The van der Waals surface area contributed by atoms with E-state index in [1.54, 1.807) is 11.0 Å². The second-order valence-corrected chi connectivity index (χ2v) is 8.06. The molecule has 0 fully saturated rings. The first kappa shape index (κ1) is 20.8. The topological polar surface area (TPSA) is 78.1 Å². The van der Waals surface area contributed by atoms with Gasteiger partial charge in [0.05, 0.1) is 11.6 Å². The maximum atomic E-state index is 13.0. The molecule has 1 aliphatic rings. The predicted octanol–water partition coefficient (Wildman–Crippen LogP) is 3.78. The minimum absolute atomic E-state index is 0.0634. The quantitative estimate of drug-likeness (QED) is 0.549. The molecule has 6 heteroatoms. The molecule has 1 aliphatic heterocycles. The number of fused-ring (bicyclic) bond motifs is 1. The van der Waals surface area contributed by atoms with Gasteiger partial charge in [0, 0.05) is 37.0 Å². The van der Waals surface area contributed by atoms with Crippen molar-refractivity contribution in [2.45, 2.75) is 31.6 Å². The van der Waals surface area contributed by atoms with Gasteiger partial charge in [-0.2, -0.15) is 5.10 Å². The summed E-state index contributed by atoms with van der Waals surface area (Å²) < 4.78 is 0. The van der Waals surface area contributed by atoms with Crippen molar-refractivity contribution >= 4 is 11.8 Å². The number of carbonyl (C=O) groups excluding carboxylic acids is 2. The lowest BCUT2D eigenvalue weighted by atomic mass is 9.89. The number of nitrogens with one attached hydrogen (secondary N) is 2. The van der Waals surface area contributed by atoms with Crippen LogP contribution in [0.25, 0.3) is 11.3 Å². The van der Waals surface area contributed by atoms with Crippen LogP contribution in [0.3, 0.4) is 0 Å². The highest BCUT2D eigenvalue weighted by Gasteiger charge is 2.31. The summed E-state index contributed by atoms with van der Waals surface area (Å²) in [6, 6.07) is 19.6. The van der Waals surface area contributed by atoms with Gasteiger partial charge in [0.2, 0.25) is 5.91 Å². The average molecular weight is 417 g/mol. The second-order valence-electron chi connectivity index (χ2n) is 8.06. The fraction of sp³-hybridized carbons (Fsp3) is 0.320. The number of H-pyrrole nitrogens is 1. The summed E-state index contributed by atoms with van der Waals surface area (Å²) in [5.41, 5.74) is 4.66. The number of aryl methyl sites for hydroxylation is 1. The number of aromatic nitrogens is 2. The Hall–Kier alpha value is -3.41. The lowest BCUT2D eigenvalue weighted by molar-refractivity contribution is -0.131. The molecule has 160 valence electrons. The van der Waals surface area contributed by atoms with Crippen LogP contribution in [-0.4, -0.2) is 47.0 Å². The Morgan fingerprint density at radius 2 is 1.84 bits per heavy atom. The number of hydrogen-bond donors (Lipinski definition) is 2. The molecular formula is C25H28N4O2. The molecule has 2 N–H and O–H groups in total. The van der Waals surface area contributed by atoms with Gasteiger partial charge in [0.15, 0.2) is 0 Å². The SMILES string of the molecule is CN(CCCCCc1cc(-c2ccccc2)n[nH]1)C(=O)C1CNC(=O)c2ccccc21. The number of carbonyl (C=O) groups is 2. The van der Waals surface area contributed by atoms with Gasteiger partial charge in [-0.1, -0.05) is 55.0 Å². The molecule has 0 spiro atoms. The molecule has 0 saturated heterocycles. The van der Waals surface area contributed by atoms with E-state index in [4.69, 9.17) is 0 Å². The van der Waals surface area contributed by atoms with Crippen molar-refractivity contribution < 1.29 is 9.59 Å². The van der Waals surface area contributed by atoms with Crippen LogP contribution in [-0.2, 0) is 11.2 Å². The third-order valence-electron chi connectivity index (χ3n) is 5.86. The van der Waals surface area contributed by atoms with Crippen LogP contribution < -0.4 is 5.32 Å². The van der Waals surface area contributed by atoms with Crippen molar-refractivity contribution in [3.05, 3.63) is 77.5 Å². The highest BCUT2D eigenvalue weighted by atomic mass is 16.2. The molecular weight excluding hydrogens is 388 g/mol. The Balaban J connectivity index is 1.23. The van der Waals surface area contributed by atoms with Gasteiger partial charge in [0.1, 0.15) is 0 Å². The van der Waals surface area contributed by atoms with E-state index >= 15 is 0 Å². The summed E-state index contributed by atoms with van der Waals surface area (Å²) >= 11 is 0. The van der Waals surface area contributed by atoms with Crippen molar-refractivity contribution in [2.24, 2.45) is 0 Å². The Morgan fingerprint density at radius 3 is 2.68 bits per heavy atom. The molecule has 6 nitrogen and oxygen atoms in total. The Labute approximate surface area is 182 Å². The molecule has 2 heterocycles. The average Bonchev–Trinajstić information content (AvgIpc) is 3.28. The smallest absolute Gasteiger partial charge is 0.251 e. The summed E-state index contributed by atoms with van der Waals surface area (Å²) in [6.45, 7) is 1.08. The number of aromatic amines is 1. The molecule has 4 rings (SSSR count). The van der Waals surface area contributed by atoms with Crippen LogP contribution >= 0.6 is 0 Å². The van der Waals surface area contributed by atoms with Crippen LogP contribution in [0.5, 0.6) is 0 Å². The van der Waals surface area contributed by atoms with E-state index in [1.807, 2.05) is 43.4 Å². The van der Waals surface area contributed by atoms with Gasteiger partial charge in [-0.05, 0) is 37.0 Å². The van der Waals surface area contributed by atoms with E-state index in [0.29, 0.717) is 18.7 Å². The van der Waals surface area contributed by atoms with E-state index in [-0.39, 0.29) is 17.7 Å². The van der Waals surface area contributed by atoms with Gasteiger partial charge in [-0.3, -0.25) is 14.7 Å². The monoisotopic (exact) mass is 416 g/mol. The summed E-state index contributed by atoms with van der Waals surface area (Å²) in [5, 5.41) is 10.4. The number of benzene rings is 2. The molecule has 0 saturated carbocycles. The predicted molar refractivity (Wildman–Crippen MR) is 121 cm³/mol. The van der Waals surface area contributed by atoms with E-state index in [2.05, 4.69) is 33.7 Å². The zero-order valence-electron chi connectivity index (χ0n) is 17.8. The van der Waals surface area contributed by atoms with E-state index in [1.165, 1.54) is 0 Å². The van der Waals surface area contributed by atoms with Crippen LogP contribution in [0.1, 0.15) is 46.8 Å². The summed E-state index contributed by atoms with van der Waals surface area (Å²) in [4.78, 5) is 26.8. The normalized spacial score (nSPS) is 15.3. The molecule has 0 aliphatic carbocycles. The van der Waals surface area contributed by atoms with Gasteiger partial charge in [-0.25, -0.2) is 0 Å². The molecule has 1 unspecified atom stereocenters. The largest absolute Gasteiger partial charge is 0.351 e. The number of likely N-dealkylation sites (N-methyl/N-ethyl adjacent to an activating group) is 1. The second kappa shape index (κ2) is 9.60. The molecule has 1 aromatic heterocycles. The molecule has 31 heavy (non-hydrogen) atoms. The Morgan fingerprint density at radius 1 is 1.06 bits per heavy atom. The first-order valence-electron chi connectivity index (χ1n) is 10.9. The van der Waals surface area contributed by atoms with E-state index in [0.717, 1.165) is 48.2 Å². The van der Waals surface area contributed by atoms with Crippen molar-refractivity contribution in [1.29, 1.82) is 0 Å². The van der Waals surface area contributed by atoms with Crippen LogP contribution in [0.4, 0.5) is 0 Å². The lowest BCUT2D eigenvalue weighted by Gasteiger charge is -2.28. The summed E-state index contributed by atoms with van der Waals surface area (Å²) in [5.74, 6) is -0.342. The van der Waals surface area contributed by atoms with E-state index in [9.17, 15) is 9.59 Å². The lowest BCUT2D eigenvalue weighted by Crippen LogP contribution is -2.43. The fourth-order valence-corrected chi connectivity index (χ4v) is 4.09. The molecule has 1 atom stereocenters. The number of unbranched alkanes of at least 4 members (excludes halogenated alkanes) is 2. The molecule has 3 aromatic rings. The molecule has 0 radical (unpaired) electrons. The van der Waals surface area contributed by atoms with Crippen molar-refractivity contribution in [2.75, 3.05) is 20.1 Å². The number of amides is 2. The molecule has 0 bridgehead atoms. The summed E-state index contributed by atoms with van der Waals surface area (Å²) in [6.07, 6.45) is 3.97. The van der Waals surface area contributed by atoms with Crippen molar-refractivity contribution in [3.63, 3.8) is 0 Å². The minimum Gasteiger partial charge on any atom is -0.351 e. The van der Waals surface area contributed by atoms with E-state index < -0.39 is 0 Å². The highest BCUT2D eigenvalue weighted by Crippen LogP contribution is 2.25. The Bertz CT molecular complexity index is 1040. The van der Waals surface area contributed by atoms with Crippen LogP contribution in [0.15, 0.2) is 60.7 Å². The van der Waals surface area contributed by atoms with Gasteiger partial charge >= 0.3 is 0 Å². The maximum Gasteiger partial charge on any atom is 0.251 e. The molecule has 2 amide bonds. The third kappa shape index (κ3) is 4.85. The van der Waals surface area contributed by atoms with Crippen molar-refractivity contribution in [1.82, 2.24) is 20.4 Å². The standard InChI is InChI=1S/C25H28N4O2/c1-29(25(31)22-17-26-24(30)21-14-8-7-13-20(21)22)15-9-3-6-12-19-16-23(28-27-19)18-10-4-2-5-11-18/h2,4-5,7-8,10-11,13-14,16,22H,3,6,9,12,15,17H2,1H3,(H,26,30)(H,27,28). The summed E-state index contributed by atoms with van der Waals surface area (Å²) in [7, 11) is 1.85. The van der Waals surface area contributed by atoms with Crippen molar-refractivity contribution in [3.8, 4) is 11.3 Å². The number of hydrogen-bond acceptors (Lipinski definition) is 3. The zero-order chi connectivity index (χ0) is 21.6. The first-order chi connectivity index (χ1) is 15.1. The zero-order valence-corrected chi connectivity index (χ0v) is 17.8. The van der Waals surface area contributed by atoms with Crippen LogP contribution in [0, 0.1) is 0 Å².